The van der Waals surface area contributed by atoms with Gasteiger partial charge in [0.1, 0.15) is 17.6 Å². The highest BCUT2D eigenvalue weighted by atomic mass is 16.6. The molecule has 0 amide bonds. The number of ether oxygens (including phenoxy) is 2. The van der Waals surface area contributed by atoms with E-state index in [0.29, 0.717) is 0 Å². The molecular formula is C49H96O4. The Kier molecular flexibility index (Phi) is 37.1. The number of esters is 2. The number of carbonyl (C=O) groups is 2. The maximum atomic E-state index is 13.4. The van der Waals surface area contributed by atoms with Crippen molar-refractivity contribution < 1.29 is 19.1 Å². The normalized spacial score (nSPS) is 13.8. The molecule has 0 heterocycles. The van der Waals surface area contributed by atoms with Crippen molar-refractivity contribution in [2.45, 2.75) is 303 Å². The standard InChI is InChI=1S/C49H96O4/c1-7-11-15-19-23-25-27-31-35-39-43-48(5,41-37-33-29-21-17-13-9-3)52-46(50)45-47(51)53-49(6,42-38-34-30-22-18-14-10-4)44-40-36-32-28-26-24-20-16-12-8-2/h7-45H2,1-6H3. The molecular weight excluding hydrogens is 653 g/mol. The first-order valence-corrected chi connectivity index (χ1v) is 24.2. The van der Waals surface area contributed by atoms with Gasteiger partial charge in [-0.05, 0) is 65.2 Å². The second-order valence-electron chi connectivity index (χ2n) is 17.6. The summed E-state index contributed by atoms with van der Waals surface area (Å²) < 4.78 is 12.4. The van der Waals surface area contributed by atoms with Gasteiger partial charge in [-0.25, -0.2) is 0 Å². The molecule has 2 unspecified atom stereocenters. The van der Waals surface area contributed by atoms with Crippen molar-refractivity contribution in [1.29, 1.82) is 0 Å². The molecule has 0 N–H and O–H groups in total. The minimum Gasteiger partial charge on any atom is -0.459 e. The quantitative estimate of drug-likeness (QED) is 0.0354. The first kappa shape index (κ1) is 51.9. The largest absolute Gasteiger partial charge is 0.459 e. The smallest absolute Gasteiger partial charge is 0.317 e. The van der Waals surface area contributed by atoms with Crippen molar-refractivity contribution in [1.82, 2.24) is 0 Å². The topological polar surface area (TPSA) is 52.6 Å². The minimum absolute atomic E-state index is 0.269. The molecule has 0 aliphatic heterocycles. The zero-order valence-corrected chi connectivity index (χ0v) is 37.2. The van der Waals surface area contributed by atoms with Gasteiger partial charge < -0.3 is 9.47 Å². The lowest BCUT2D eigenvalue weighted by Crippen LogP contribution is -2.35. The summed E-state index contributed by atoms with van der Waals surface area (Å²) in [7, 11) is 0. The van der Waals surface area contributed by atoms with Crippen molar-refractivity contribution >= 4 is 11.9 Å². The Morgan fingerprint density at radius 1 is 0.302 bits per heavy atom. The maximum Gasteiger partial charge on any atom is 0.317 e. The molecule has 0 aliphatic carbocycles. The number of unbranched alkanes of at least 4 members (excludes halogenated alkanes) is 30. The van der Waals surface area contributed by atoms with E-state index >= 15 is 0 Å². The van der Waals surface area contributed by atoms with Gasteiger partial charge in [0.25, 0.3) is 0 Å². The lowest BCUT2D eigenvalue weighted by Gasteiger charge is -2.32. The van der Waals surface area contributed by atoms with E-state index in [0.717, 1.165) is 51.4 Å². The highest BCUT2D eigenvalue weighted by molar-refractivity contribution is 5.91. The van der Waals surface area contributed by atoms with Crippen LogP contribution in [0.1, 0.15) is 292 Å². The zero-order chi connectivity index (χ0) is 39.1. The molecule has 0 aromatic carbocycles. The Morgan fingerprint density at radius 2 is 0.472 bits per heavy atom. The Bertz CT molecular complexity index is 731. The van der Waals surface area contributed by atoms with Crippen LogP contribution >= 0.6 is 0 Å². The molecule has 2 atom stereocenters. The van der Waals surface area contributed by atoms with Crippen LogP contribution in [0, 0.1) is 0 Å². The van der Waals surface area contributed by atoms with Crippen molar-refractivity contribution in [3.8, 4) is 0 Å². The Morgan fingerprint density at radius 3 is 0.660 bits per heavy atom. The molecule has 0 saturated carbocycles. The fourth-order valence-electron chi connectivity index (χ4n) is 8.08. The maximum absolute atomic E-state index is 13.4. The fraction of sp³-hybridized carbons (Fsp3) is 0.959. The van der Waals surface area contributed by atoms with Crippen LogP contribution in [-0.4, -0.2) is 23.1 Å². The van der Waals surface area contributed by atoms with Crippen molar-refractivity contribution in [3.63, 3.8) is 0 Å². The van der Waals surface area contributed by atoms with Crippen LogP contribution in [0.25, 0.3) is 0 Å². The molecule has 0 radical (unpaired) electrons. The highest BCUT2D eigenvalue weighted by Crippen LogP contribution is 2.30. The second-order valence-corrected chi connectivity index (χ2v) is 17.6. The number of carbonyl (C=O) groups excluding carboxylic acids is 2. The Hall–Kier alpha value is -1.06. The summed E-state index contributed by atoms with van der Waals surface area (Å²) in [5.41, 5.74) is -1.00. The SMILES string of the molecule is CCCCCCCCCCCCC(C)(CCCCCCCCC)OC(=O)CC(=O)OC(C)(CCCCCCCCC)CCCCCCCCCCCC. The van der Waals surface area contributed by atoms with Crippen molar-refractivity contribution in [3.05, 3.63) is 0 Å². The van der Waals surface area contributed by atoms with Crippen LogP contribution in [0.2, 0.25) is 0 Å². The van der Waals surface area contributed by atoms with E-state index < -0.39 is 23.1 Å². The predicted octanol–water partition coefficient (Wildman–Crippen LogP) is 16.9. The molecule has 4 nitrogen and oxygen atoms in total. The van der Waals surface area contributed by atoms with Gasteiger partial charge in [-0.2, -0.15) is 0 Å². The van der Waals surface area contributed by atoms with E-state index in [-0.39, 0.29) is 6.42 Å². The summed E-state index contributed by atoms with van der Waals surface area (Å²) in [6.45, 7) is 13.3. The van der Waals surface area contributed by atoms with Gasteiger partial charge in [-0.3, -0.25) is 9.59 Å². The van der Waals surface area contributed by atoms with E-state index in [1.54, 1.807) is 0 Å². The van der Waals surface area contributed by atoms with Crippen LogP contribution in [0.15, 0.2) is 0 Å². The first-order valence-electron chi connectivity index (χ1n) is 24.2. The molecule has 0 aliphatic rings. The second kappa shape index (κ2) is 37.8. The van der Waals surface area contributed by atoms with Gasteiger partial charge in [-0.15, -0.1) is 0 Å². The molecule has 0 aromatic heterocycles. The van der Waals surface area contributed by atoms with Gasteiger partial charge >= 0.3 is 11.9 Å². The third-order valence-electron chi connectivity index (χ3n) is 11.7. The minimum atomic E-state index is -0.502. The van der Waals surface area contributed by atoms with E-state index in [2.05, 4.69) is 41.5 Å². The summed E-state index contributed by atoms with van der Waals surface area (Å²) in [5, 5.41) is 0. The highest BCUT2D eigenvalue weighted by Gasteiger charge is 2.32. The van der Waals surface area contributed by atoms with Gasteiger partial charge in [0.05, 0.1) is 0 Å². The summed E-state index contributed by atoms with van der Waals surface area (Å²) in [4.78, 5) is 26.7. The van der Waals surface area contributed by atoms with Crippen LogP contribution in [0.3, 0.4) is 0 Å². The van der Waals surface area contributed by atoms with Gasteiger partial charge in [0, 0.05) is 0 Å². The monoisotopic (exact) mass is 749 g/mol. The third kappa shape index (κ3) is 35.1. The first-order chi connectivity index (χ1) is 25.7. The third-order valence-corrected chi connectivity index (χ3v) is 11.7. The Labute approximate surface area is 333 Å². The molecule has 316 valence electrons. The van der Waals surface area contributed by atoms with Crippen molar-refractivity contribution in [2.24, 2.45) is 0 Å². The number of rotatable bonds is 42. The molecule has 4 heteroatoms. The molecule has 0 fully saturated rings. The molecule has 0 rings (SSSR count). The molecule has 0 bridgehead atoms. The van der Waals surface area contributed by atoms with Gasteiger partial charge in [0.15, 0.2) is 0 Å². The van der Waals surface area contributed by atoms with Gasteiger partial charge in [0.2, 0.25) is 0 Å². The molecule has 0 aromatic rings. The van der Waals surface area contributed by atoms with E-state index in [4.69, 9.17) is 9.47 Å². The number of hydrogen-bond acceptors (Lipinski definition) is 4. The lowest BCUT2D eigenvalue weighted by molar-refractivity contribution is -0.171. The molecule has 0 saturated heterocycles. The van der Waals surface area contributed by atoms with E-state index in [1.807, 2.05) is 0 Å². The molecule has 0 spiro atoms. The number of hydrogen-bond donors (Lipinski definition) is 0. The summed E-state index contributed by atoms with van der Waals surface area (Å²) in [6.07, 6.45) is 46.7. The van der Waals surface area contributed by atoms with Crippen LogP contribution in [-0.2, 0) is 19.1 Å². The molecule has 53 heavy (non-hydrogen) atoms. The lowest BCUT2D eigenvalue weighted by atomic mass is 9.90. The summed E-state index contributed by atoms with van der Waals surface area (Å²) in [6, 6.07) is 0. The van der Waals surface area contributed by atoms with Crippen LogP contribution in [0.5, 0.6) is 0 Å². The van der Waals surface area contributed by atoms with E-state index in [9.17, 15) is 9.59 Å². The van der Waals surface area contributed by atoms with Gasteiger partial charge in [-0.1, -0.05) is 220 Å². The van der Waals surface area contributed by atoms with E-state index in [1.165, 1.54) is 193 Å². The summed E-state index contributed by atoms with van der Waals surface area (Å²) in [5.74, 6) is -0.797. The average molecular weight is 749 g/mol. The predicted molar refractivity (Wildman–Crippen MR) is 232 cm³/mol. The summed E-state index contributed by atoms with van der Waals surface area (Å²) >= 11 is 0. The van der Waals surface area contributed by atoms with Crippen LogP contribution < -0.4 is 0 Å². The zero-order valence-electron chi connectivity index (χ0n) is 37.2. The van der Waals surface area contributed by atoms with Crippen LogP contribution in [0.4, 0.5) is 0 Å². The van der Waals surface area contributed by atoms with Crippen molar-refractivity contribution in [2.75, 3.05) is 0 Å². The fourth-order valence-corrected chi connectivity index (χ4v) is 8.08. The Balaban J connectivity index is 5.03. The average Bonchev–Trinajstić information content (AvgIpc) is 3.12.